The molecule has 0 radical (unpaired) electrons. The van der Waals surface area contributed by atoms with Crippen molar-refractivity contribution < 1.29 is 22.3 Å². The molecular formula is C17H27FN2O4S. The predicted molar refractivity (Wildman–Crippen MR) is 94.0 cm³/mol. The van der Waals surface area contributed by atoms with E-state index < -0.39 is 15.8 Å². The Balaban J connectivity index is 2.10. The number of likely N-dealkylation sites (N-methyl/N-ethyl adjacent to an activating group) is 1. The lowest BCUT2D eigenvalue weighted by Gasteiger charge is -2.36. The van der Waals surface area contributed by atoms with Gasteiger partial charge < -0.3 is 9.47 Å². The van der Waals surface area contributed by atoms with Gasteiger partial charge in [0.25, 0.3) is 0 Å². The zero-order chi connectivity index (χ0) is 18.8. The van der Waals surface area contributed by atoms with Crippen LogP contribution in [0.2, 0.25) is 0 Å². The highest BCUT2D eigenvalue weighted by atomic mass is 32.2. The summed E-state index contributed by atoms with van der Waals surface area (Å²) in [6.07, 6.45) is 0.257. The fraction of sp³-hybridized carbons (Fsp3) is 0.647. The van der Waals surface area contributed by atoms with Crippen molar-refractivity contribution in [3.63, 3.8) is 0 Å². The molecule has 1 aromatic rings. The first kappa shape index (κ1) is 20.1. The Morgan fingerprint density at radius 1 is 1.32 bits per heavy atom. The van der Waals surface area contributed by atoms with E-state index in [1.165, 1.54) is 37.5 Å². The van der Waals surface area contributed by atoms with Gasteiger partial charge in [0.05, 0.1) is 24.2 Å². The molecule has 0 N–H and O–H groups in total. The van der Waals surface area contributed by atoms with Gasteiger partial charge in [-0.25, -0.2) is 12.8 Å². The number of ether oxygens (including phenoxy) is 2. The van der Waals surface area contributed by atoms with E-state index in [0.29, 0.717) is 13.1 Å². The van der Waals surface area contributed by atoms with E-state index in [4.69, 9.17) is 9.47 Å². The summed E-state index contributed by atoms with van der Waals surface area (Å²) < 4.78 is 51.6. The number of hydrogen-bond donors (Lipinski definition) is 0. The predicted octanol–water partition coefficient (Wildman–Crippen LogP) is 1.87. The van der Waals surface area contributed by atoms with Crippen LogP contribution in [0.25, 0.3) is 0 Å². The highest BCUT2D eigenvalue weighted by Crippen LogP contribution is 2.27. The van der Waals surface area contributed by atoms with Crippen LogP contribution in [0.5, 0.6) is 5.75 Å². The van der Waals surface area contributed by atoms with Crippen LogP contribution < -0.4 is 4.74 Å². The van der Waals surface area contributed by atoms with Crippen LogP contribution >= 0.6 is 0 Å². The third kappa shape index (κ3) is 4.49. The summed E-state index contributed by atoms with van der Waals surface area (Å²) in [6.45, 7) is 7.94. The quantitative estimate of drug-likeness (QED) is 0.761. The third-order valence-corrected chi connectivity index (χ3v) is 6.44. The minimum atomic E-state index is -3.77. The van der Waals surface area contributed by atoms with Crippen LogP contribution in [0, 0.1) is 12.7 Å². The van der Waals surface area contributed by atoms with Gasteiger partial charge in [0.1, 0.15) is 0 Å². The molecule has 1 aliphatic rings. The van der Waals surface area contributed by atoms with Crippen LogP contribution in [0.3, 0.4) is 0 Å². The molecule has 142 valence electrons. The Morgan fingerprint density at radius 2 is 1.92 bits per heavy atom. The Kier molecular flexibility index (Phi) is 6.42. The normalized spacial score (nSPS) is 22.4. The van der Waals surface area contributed by atoms with Gasteiger partial charge in [-0.15, -0.1) is 0 Å². The number of benzene rings is 1. The smallest absolute Gasteiger partial charge is 0.243 e. The first-order valence-corrected chi connectivity index (χ1v) is 9.78. The molecule has 0 spiro atoms. The van der Waals surface area contributed by atoms with E-state index in [-0.39, 0.29) is 28.4 Å². The van der Waals surface area contributed by atoms with Crippen LogP contribution in [-0.4, -0.2) is 70.2 Å². The number of sulfonamides is 1. The molecule has 1 aromatic carbocycles. The van der Waals surface area contributed by atoms with E-state index in [1.54, 1.807) is 0 Å². The topological polar surface area (TPSA) is 59.1 Å². The Labute approximate surface area is 149 Å². The van der Waals surface area contributed by atoms with Gasteiger partial charge in [0, 0.05) is 38.8 Å². The molecule has 0 amide bonds. The monoisotopic (exact) mass is 374 g/mol. The average Bonchev–Trinajstić information content (AvgIpc) is 2.53. The summed E-state index contributed by atoms with van der Waals surface area (Å²) in [6, 6.07) is 2.73. The zero-order valence-electron chi connectivity index (χ0n) is 15.5. The second kappa shape index (κ2) is 7.99. The van der Waals surface area contributed by atoms with Crippen molar-refractivity contribution in [3.8, 4) is 5.75 Å². The summed E-state index contributed by atoms with van der Waals surface area (Å²) >= 11 is 0. The number of halogens is 1. The second-order valence-corrected chi connectivity index (χ2v) is 8.56. The fourth-order valence-corrected chi connectivity index (χ4v) is 4.49. The van der Waals surface area contributed by atoms with Crippen molar-refractivity contribution in [3.05, 3.63) is 23.5 Å². The van der Waals surface area contributed by atoms with Gasteiger partial charge in [-0.2, -0.15) is 4.31 Å². The first-order valence-electron chi connectivity index (χ1n) is 8.34. The largest absolute Gasteiger partial charge is 0.494 e. The highest BCUT2D eigenvalue weighted by molar-refractivity contribution is 7.89. The van der Waals surface area contributed by atoms with E-state index in [1.807, 2.05) is 13.8 Å². The van der Waals surface area contributed by atoms with Crippen molar-refractivity contribution in [2.75, 3.05) is 40.3 Å². The van der Waals surface area contributed by atoms with Gasteiger partial charge in [0.15, 0.2) is 11.6 Å². The minimum Gasteiger partial charge on any atom is -0.494 e. The maximum atomic E-state index is 14.2. The Morgan fingerprint density at radius 3 is 2.48 bits per heavy atom. The standard InChI is InChI=1S/C17H27FN2O4S/c1-12-10-20(11-13(2)24-12)9-8-19(4)25(21,22)16-7-6-15(23-5)17(18)14(16)3/h6-7,12-13H,8-11H2,1-5H3/t12-,13+. The van der Waals surface area contributed by atoms with Crippen LogP contribution in [0.1, 0.15) is 19.4 Å². The second-order valence-electron chi connectivity index (χ2n) is 6.55. The molecule has 6 nitrogen and oxygen atoms in total. The van der Waals surface area contributed by atoms with Gasteiger partial charge in [0.2, 0.25) is 10.0 Å². The van der Waals surface area contributed by atoms with Crippen LogP contribution in [0.15, 0.2) is 17.0 Å². The number of nitrogens with zero attached hydrogens (tertiary/aromatic N) is 2. The van der Waals surface area contributed by atoms with E-state index in [0.717, 1.165) is 13.1 Å². The summed E-state index contributed by atoms with van der Waals surface area (Å²) in [5.41, 5.74) is 0.0693. The van der Waals surface area contributed by atoms with Gasteiger partial charge in [-0.3, -0.25) is 4.90 Å². The molecule has 8 heteroatoms. The first-order chi connectivity index (χ1) is 11.7. The van der Waals surface area contributed by atoms with E-state index in [9.17, 15) is 12.8 Å². The number of rotatable bonds is 6. The summed E-state index contributed by atoms with van der Waals surface area (Å²) in [7, 11) is -0.897. The molecule has 1 saturated heterocycles. The van der Waals surface area contributed by atoms with Crippen LogP contribution in [0.4, 0.5) is 4.39 Å². The minimum absolute atomic E-state index is 0.0305. The van der Waals surface area contributed by atoms with Crippen molar-refractivity contribution in [1.82, 2.24) is 9.21 Å². The lowest BCUT2D eigenvalue weighted by Crippen LogP contribution is -2.48. The highest BCUT2D eigenvalue weighted by Gasteiger charge is 2.27. The molecule has 2 rings (SSSR count). The maximum Gasteiger partial charge on any atom is 0.243 e. The lowest BCUT2D eigenvalue weighted by atomic mass is 10.2. The van der Waals surface area contributed by atoms with Gasteiger partial charge in [-0.05, 0) is 32.9 Å². The third-order valence-electron chi connectivity index (χ3n) is 4.44. The van der Waals surface area contributed by atoms with Crippen molar-refractivity contribution in [1.29, 1.82) is 0 Å². The number of morpholine rings is 1. The van der Waals surface area contributed by atoms with Crippen molar-refractivity contribution >= 4 is 10.0 Å². The summed E-state index contributed by atoms with van der Waals surface area (Å²) in [5, 5.41) is 0. The van der Waals surface area contributed by atoms with E-state index in [2.05, 4.69) is 4.90 Å². The molecule has 2 atom stereocenters. The molecule has 0 aliphatic carbocycles. The van der Waals surface area contributed by atoms with Crippen molar-refractivity contribution in [2.45, 2.75) is 37.9 Å². The lowest BCUT2D eigenvalue weighted by molar-refractivity contribution is -0.0681. The number of hydrogen-bond acceptors (Lipinski definition) is 5. The average molecular weight is 374 g/mol. The molecule has 0 unspecified atom stereocenters. The summed E-state index contributed by atoms with van der Waals surface area (Å²) in [4.78, 5) is 2.16. The van der Waals surface area contributed by atoms with Crippen LogP contribution in [-0.2, 0) is 14.8 Å². The molecule has 1 aliphatic heterocycles. The Bertz CT molecular complexity index is 701. The Hall–Kier alpha value is -1.22. The van der Waals surface area contributed by atoms with E-state index >= 15 is 0 Å². The molecule has 0 bridgehead atoms. The number of methoxy groups -OCH3 is 1. The molecule has 0 aromatic heterocycles. The fourth-order valence-electron chi connectivity index (χ4n) is 3.12. The van der Waals surface area contributed by atoms with Crippen molar-refractivity contribution in [2.24, 2.45) is 0 Å². The molecule has 1 fully saturated rings. The molecular weight excluding hydrogens is 347 g/mol. The zero-order valence-corrected chi connectivity index (χ0v) is 16.3. The molecule has 25 heavy (non-hydrogen) atoms. The van der Waals surface area contributed by atoms with Gasteiger partial charge in [-0.1, -0.05) is 0 Å². The molecule has 0 saturated carbocycles. The SMILES string of the molecule is COc1ccc(S(=O)(=O)N(C)CCN2C[C@@H](C)O[C@@H](C)C2)c(C)c1F. The maximum absolute atomic E-state index is 14.2. The molecule has 1 heterocycles. The summed E-state index contributed by atoms with van der Waals surface area (Å²) in [5.74, 6) is -0.608. The van der Waals surface area contributed by atoms with Gasteiger partial charge >= 0.3 is 0 Å².